The maximum absolute atomic E-state index is 5.10. The zero-order chi connectivity index (χ0) is 6.91. The summed E-state index contributed by atoms with van der Waals surface area (Å²) in [4.78, 5) is 5.10. The molecule has 0 bridgehead atoms. The quantitative estimate of drug-likeness (QED) is 0.581. The van der Waals surface area contributed by atoms with E-state index in [4.69, 9.17) is 4.84 Å². The SMILES string of the molecule is CC1(C)CC(CBr)=NO1. The van der Waals surface area contributed by atoms with Gasteiger partial charge >= 0.3 is 0 Å². The Morgan fingerprint density at radius 3 is 2.67 bits per heavy atom. The van der Waals surface area contributed by atoms with Crippen LogP contribution < -0.4 is 0 Å². The molecule has 0 aromatic carbocycles. The molecule has 0 aromatic heterocycles. The summed E-state index contributed by atoms with van der Waals surface area (Å²) in [6.07, 6.45) is 0.943. The van der Waals surface area contributed by atoms with Crippen LogP contribution in [0.15, 0.2) is 5.16 Å². The lowest BCUT2D eigenvalue weighted by Gasteiger charge is -2.12. The molecule has 2 nitrogen and oxygen atoms in total. The normalized spacial score (nSPS) is 23.2. The van der Waals surface area contributed by atoms with Crippen LogP contribution in [0, 0.1) is 0 Å². The molecule has 0 N–H and O–H groups in total. The Labute approximate surface area is 63.4 Å². The van der Waals surface area contributed by atoms with E-state index in [1.807, 2.05) is 13.8 Å². The minimum atomic E-state index is -0.0664. The van der Waals surface area contributed by atoms with Crippen molar-refractivity contribution in [3.63, 3.8) is 0 Å². The van der Waals surface area contributed by atoms with Crippen LogP contribution in [-0.2, 0) is 4.84 Å². The summed E-state index contributed by atoms with van der Waals surface area (Å²) >= 11 is 3.32. The molecule has 0 unspecified atom stereocenters. The van der Waals surface area contributed by atoms with Gasteiger partial charge in [0.25, 0.3) is 0 Å². The van der Waals surface area contributed by atoms with Crippen molar-refractivity contribution < 1.29 is 4.84 Å². The minimum Gasteiger partial charge on any atom is -0.389 e. The van der Waals surface area contributed by atoms with Gasteiger partial charge in [0.1, 0.15) is 5.60 Å². The van der Waals surface area contributed by atoms with Gasteiger partial charge in [-0.05, 0) is 13.8 Å². The average Bonchev–Trinajstić information content (AvgIpc) is 2.10. The van der Waals surface area contributed by atoms with Crippen LogP contribution in [0.2, 0.25) is 0 Å². The Bertz CT molecular complexity index is 142. The molecule has 9 heavy (non-hydrogen) atoms. The van der Waals surface area contributed by atoms with Crippen molar-refractivity contribution in [2.75, 3.05) is 5.33 Å². The number of hydrogen-bond donors (Lipinski definition) is 0. The Balaban J connectivity index is 2.50. The van der Waals surface area contributed by atoms with E-state index in [9.17, 15) is 0 Å². The highest BCUT2D eigenvalue weighted by molar-refractivity contribution is 9.09. The van der Waals surface area contributed by atoms with Crippen molar-refractivity contribution in [3.8, 4) is 0 Å². The second kappa shape index (κ2) is 2.29. The second-order valence-corrected chi connectivity index (χ2v) is 3.38. The Hall–Kier alpha value is -0.0500. The van der Waals surface area contributed by atoms with Gasteiger partial charge in [0, 0.05) is 11.8 Å². The molecule has 0 fully saturated rings. The highest BCUT2D eigenvalue weighted by Crippen LogP contribution is 2.22. The van der Waals surface area contributed by atoms with Crippen molar-refractivity contribution in [2.24, 2.45) is 5.16 Å². The molecular formula is C6H10BrNO. The average molecular weight is 192 g/mol. The zero-order valence-corrected chi connectivity index (χ0v) is 7.23. The number of halogens is 1. The van der Waals surface area contributed by atoms with Crippen LogP contribution in [0.3, 0.4) is 0 Å². The maximum atomic E-state index is 5.10. The largest absolute Gasteiger partial charge is 0.389 e. The molecule has 1 aliphatic heterocycles. The van der Waals surface area contributed by atoms with Gasteiger partial charge in [-0.15, -0.1) is 0 Å². The summed E-state index contributed by atoms with van der Waals surface area (Å²) in [5, 5.41) is 4.71. The first-order chi connectivity index (χ1) is 4.14. The van der Waals surface area contributed by atoms with Crippen LogP contribution in [0.4, 0.5) is 0 Å². The summed E-state index contributed by atoms with van der Waals surface area (Å²) in [7, 11) is 0. The summed E-state index contributed by atoms with van der Waals surface area (Å²) < 4.78 is 0. The predicted molar refractivity (Wildman–Crippen MR) is 41.0 cm³/mol. The van der Waals surface area contributed by atoms with Crippen molar-refractivity contribution >= 4 is 21.6 Å². The first-order valence-corrected chi connectivity index (χ1v) is 4.06. The van der Waals surface area contributed by atoms with Crippen LogP contribution in [0.25, 0.3) is 0 Å². The fraction of sp³-hybridized carbons (Fsp3) is 0.833. The van der Waals surface area contributed by atoms with Crippen LogP contribution in [-0.4, -0.2) is 16.6 Å². The van der Waals surface area contributed by atoms with E-state index < -0.39 is 0 Å². The topological polar surface area (TPSA) is 21.6 Å². The number of oxime groups is 1. The first kappa shape index (κ1) is 7.06. The lowest BCUT2D eigenvalue weighted by atomic mass is 10.0. The number of alkyl halides is 1. The first-order valence-electron chi connectivity index (χ1n) is 2.94. The van der Waals surface area contributed by atoms with Gasteiger partial charge in [-0.1, -0.05) is 21.1 Å². The summed E-state index contributed by atoms with van der Waals surface area (Å²) in [5.41, 5.74) is 1.03. The number of nitrogens with zero attached hydrogens (tertiary/aromatic N) is 1. The Morgan fingerprint density at radius 2 is 2.44 bits per heavy atom. The third-order valence-corrected chi connectivity index (χ3v) is 1.85. The lowest BCUT2D eigenvalue weighted by molar-refractivity contribution is 0.0123. The molecule has 0 amide bonds. The molecule has 1 rings (SSSR count). The van der Waals surface area contributed by atoms with E-state index in [0.29, 0.717) is 0 Å². The fourth-order valence-electron chi connectivity index (χ4n) is 0.816. The maximum Gasteiger partial charge on any atom is 0.137 e. The molecule has 1 heterocycles. The van der Waals surface area contributed by atoms with Crippen molar-refractivity contribution in [1.82, 2.24) is 0 Å². The molecule has 0 saturated carbocycles. The highest BCUT2D eigenvalue weighted by atomic mass is 79.9. The third kappa shape index (κ3) is 1.68. The molecule has 0 aromatic rings. The molecular weight excluding hydrogens is 182 g/mol. The predicted octanol–water partition coefficient (Wildman–Crippen LogP) is 1.94. The molecule has 0 aliphatic carbocycles. The molecule has 1 aliphatic rings. The van der Waals surface area contributed by atoms with E-state index in [0.717, 1.165) is 17.5 Å². The molecule has 0 atom stereocenters. The van der Waals surface area contributed by atoms with Crippen LogP contribution in [0.5, 0.6) is 0 Å². The third-order valence-electron chi connectivity index (χ3n) is 1.21. The van der Waals surface area contributed by atoms with Gasteiger partial charge < -0.3 is 4.84 Å². The van der Waals surface area contributed by atoms with Crippen molar-refractivity contribution in [3.05, 3.63) is 0 Å². The van der Waals surface area contributed by atoms with Gasteiger partial charge in [-0.3, -0.25) is 0 Å². The van der Waals surface area contributed by atoms with E-state index in [1.165, 1.54) is 0 Å². The summed E-state index contributed by atoms with van der Waals surface area (Å²) in [5.74, 6) is 0. The summed E-state index contributed by atoms with van der Waals surface area (Å²) in [6.45, 7) is 4.07. The summed E-state index contributed by atoms with van der Waals surface area (Å²) in [6, 6.07) is 0. The van der Waals surface area contributed by atoms with Crippen LogP contribution >= 0.6 is 15.9 Å². The molecule has 3 heteroatoms. The molecule has 52 valence electrons. The fourth-order valence-corrected chi connectivity index (χ4v) is 1.12. The Morgan fingerprint density at radius 1 is 1.78 bits per heavy atom. The molecule has 0 spiro atoms. The van der Waals surface area contributed by atoms with E-state index in [2.05, 4.69) is 21.1 Å². The standard InChI is InChI=1S/C6H10BrNO/c1-6(2)3-5(4-7)8-9-6/h3-4H2,1-2H3. The van der Waals surface area contributed by atoms with Crippen molar-refractivity contribution in [2.45, 2.75) is 25.9 Å². The van der Waals surface area contributed by atoms with Gasteiger partial charge in [-0.25, -0.2) is 0 Å². The van der Waals surface area contributed by atoms with Gasteiger partial charge in [0.05, 0.1) is 5.71 Å². The highest BCUT2D eigenvalue weighted by Gasteiger charge is 2.27. The zero-order valence-electron chi connectivity index (χ0n) is 5.65. The molecule has 0 radical (unpaired) electrons. The lowest BCUT2D eigenvalue weighted by Crippen LogP contribution is -2.19. The smallest absolute Gasteiger partial charge is 0.137 e. The van der Waals surface area contributed by atoms with E-state index in [-0.39, 0.29) is 5.60 Å². The van der Waals surface area contributed by atoms with Crippen molar-refractivity contribution in [1.29, 1.82) is 0 Å². The van der Waals surface area contributed by atoms with E-state index in [1.54, 1.807) is 0 Å². The Kier molecular flexibility index (Phi) is 1.80. The minimum absolute atomic E-state index is 0.0664. The van der Waals surface area contributed by atoms with E-state index >= 15 is 0 Å². The molecule has 0 saturated heterocycles. The van der Waals surface area contributed by atoms with Gasteiger partial charge in [-0.2, -0.15) is 0 Å². The monoisotopic (exact) mass is 191 g/mol. The van der Waals surface area contributed by atoms with Gasteiger partial charge in [0.15, 0.2) is 0 Å². The van der Waals surface area contributed by atoms with Crippen LogP contribution in [0.1, 0.15) is 20.3 Å². The van der Waals surface area contributed by atoms with Gasteiger partial charge in [0.2, 0.25) is 0 Å². The number of hydrogen-bond acceptors (Lipinski definition) is 2. The number of rotatable bonds is 1. The second-order valence-electron chi connectivity index (χ2n) is 2.82.